The smallest absolute Gasteiger partial charge is 0.150 e. The molecular formula is C17H20N4S. The fourth-order valence-electron chi connectivity index (χ4n) is 2.45. The number of rotatable bonds is 6. The van der Waals surface area contributed by atoms with E-state index in [1.807, 2.05) is 24.7 Å². The Hall–Kier alpha value is -1.98. The summed E-state index contributed by atoms with van der Waals surface area (Å²) >= 11 is 1.76. The lowest BCUT2D eigenvalue weighted by molar-refractivity contribution is 0.403. The minimum absolute atomic E-state index is 0.919. The lowest BCUT2D eigenvalue weighted by Crippen LogP contribution is -2.09. The maximum absolute atomic E-state index is 4.54. The van der Waals surface area contributed by atoms with E-state index in [1.165, 1.54) is 16.0 Å². The number of imidazole rings is 1. The van der Waals surface area contributed by atoms with Crippen molar-refractivity contribution >= 4 is 11.3 Å². The van der Waals surface area contributed by atoms with Gasteiger partial charge in [-0.1, -0.05) is 6.07 Å². The van der Waals surface area contributed by atoms with Crippen LogP contribution in [0.4, 0.5) is 0 Å². The molecule has 0 bridgehead atoms. The molecule has 0 N–H and O–H groups in total. The van der Waals surface area contributed by atoms with Gasteiger partial charge in [-0.25, -0.2) is 4.98 Å². The van der Waals surface area contributed by atoms with Crippen LogP contribution in [0.25, 0.3) is 10.7 Å². The van der Waals surface area contributed by atoms with Crippen LogP contribution in [-0.2, 0) is 19.5 Å². The average molecular weight is 312 g/mol. The van der Waals surface area contributed by atoms with E-state index < -0.39 is 0 Å². The molecule has 0 spiro atoms. The number of pyridine rings is 1. The standard InChI is InChI=1S/C17H20N4S/c1-20(2)12-15-10-16(22-13-15)17-19-7-9-21(17)8-5-14-4-3-6-18-11-14/h3-4,6-7,9-11,13H,5,8,12H2,1-2H3. The van der Waals surface area contributed by atoms with Crippen molar-refractivity contribution in [2.24, 2.45) is 0 Å². The Labute approximate surface area is 135 Å². The molecule has 4 nitrogen and oxygen atoms in total. The summed E-state index contributed by atoms with van der Waals surface area (Å²) in [6, 6.07) is 6.34. The highest BCUT2D eigenvalue weighted by Gasteiger charge is 2.09. The molecule has 0 atom stereocenters. The average Bonchev–Trinajstić information content (AvgIpc) is 3.14. The second kappa shape index (κ2) is 6.85. The zero-order chi connectivity index (χ0) is 15.4. The van der Waals surface area contributed by atoms with Crippen molar-refractivity contribution in [2.75, 3.05) is 14.1 Å². The number of hydrogen-bond acceptors (Lipinski definition) is 4. The van der Waals surface area contributed by atoms with Crippen molar-refractivity contribution < 1.29 is 0 Å². The molecule has 0 radical (unpaired) electrons. The van der Waals surface area contributed by atoms with Crippen molar-refractivity contribution in [3.8, 4) is 10.7 Å². The highest BCUT2D eigenvalue weighted by molar-refractivity contribution is 7.13. The molecular weight excluding hydrogens is 292 g/mol. The summed E-state index contributed by atoms with van der Waals surface area (Å²) in [6.07, 6.45) is 8.63. The first-order valence-corrected chi connectivity index (χ1v) is 8.23. The van der Waals surface area contributed by atoms with Crippen molar-refractivity contribution in [1.82, 2.24) is 19.4 Å². The molecule has 22 heavy (non-hydrogen) atoms. The molecule has 3 rings (SSSR count). The summed E-state index contributed by atoms with van der Waals surface area (Å²) in [6.45, 7) is 1.88. The van der Waals surface area contributed by atoms with E-state index in [1.54, 1.807) is 11.3 Å². The van der Waals surface area contributed by atoms with Gasteiger partial charge in [0.1, 0.15) is 5.82 Å². The largest absolute Gasteiger partial charge is 0.330 e. The molecule has 3 aromatic rings. The fourth-order valence-corrected chi connectivity index (χ4v) is 3.37. The van der Waals surface area contributed by atoms with Crippen LogP contribution in [0.3, 0.4) is 0 Å². The van der Waals surface area contributed by atoms with Crippen LogP contribution >= 0.6 is 11.3 Å². The van der Waals surface area contributed by atoms with E-state index >= 15 is 0 Å². The van der Waals surface area contributed by atoms with Gasteiger partial charge in [0.05, 0.1) is 4.88 Å². The number of thiophene rings is 1. The SMILES string of the molecule is CN(C)Cc1csc(-c2nccn2CCc2cccnc2)c1. The summed E-state index contributed by atoms with van der Waals surface area (Å²) in [4.78, 5) is 12.1. The third kappa shape index (κ3) is 3.61. The molecule has 114 valence electrons. The van der Waals surface area contributed by atoms with Crippen LogP contribution < -0.4 is 0 Å². The monoisotopic (exact) mass is 312 g/mol. The van der Waals surface area contributed by atoms with E-state index in [0.29, 0.717) is 0 Å². The Morgan fingerprint density at radius 1 is 1.23 bits per heavy atom. The molecule has 0 aromatic carbocycles. The van der Waals surface area contributed by atoms with E-state index in [0.717, 1.165) is 25.3 Å². The van der Waals surface area contributed by atoms with Crippen LogP contribution in [0.15, 0.2) is 48.4 Å². The summed E-state index contributed by atoms with van der Waals surface area (Å²) in [7, 11) is 4.18. The molecule has 0 aliphatic heterocycles. The van der Waals surface area contributed by atoms with Crippen molar-refractivity contribution in [3.05, 3.63) is 59.5 Å². The van der Waals surface area contributed by atoms with Crippen LogP contribution in [0, 0.1) is 0 Å². The van der Waals surface area contributed by atoms with Crippen LogP contribution in [0.5, 0.6) is 0 Å². The maximum atomic E-state index is 4.54. The summed E-state index contributed by atoms with van der Waals surface area (Å²) in [5.74, 6) is 1.05. The summed E-state index contributed by atoms with van der Waals surface area (Å²) in [5.41, 5.74) is 2.59. The Bertz CT molecular complexity index is 715. The van der Waals surface area contributed by atoms with Gasteiger partial charge in [0.15, 0.2) is 0 Å². The predicted molar refractivity (Wildman–Crippen MR) is 90.9 cm³/mol. The Balaban J connectivity index is 1.73. The number of nitrogens with zero attached hydrogens (tertiary/aromatic N) is 4. The lowest BCUT2D eigenvalue weighted by Gasteiger charge is -2.07. The van der Waals surface area contributed by atoms with Gasteiger partial charge in [0, 0.05) is 37.9 Å². The zero-order valence-corrected chi connectivity index (χ0v) is 13.8. The van der Waals surface area contributed by atoms with E-state index in [9.17, 15) is 0 Å². The first kappa shape index (κ1) is 14.9. The maximum Gasteiger partial charge on any atom is 0.150 e. The second-order valence-electron chi connectivity index (χ2n) is 5.61. The van der Waals surface area contributed by atoms with E-state index in [2.05, 4.69) is 57.2 Å². The number of aryl methyl sites for hydroxylation is 2. The second-order valence-corrected chi connectivity index (χ2v) is 6.52. The number of aromatic nitrogens is 3. The summed E-state index contributed by atoms with van der Waals surface area (Å²) in [5, 5.41) is 2.22. The highest BCUT2D eigenvalue weighted by atomic mass is 32.1. The molecule has 0 aliphatic carbocycles. The van der Waals surface area contributed by atoms with Crippen molar-refractivity contribution in [2.45, 2.75) is 19.5 Å². The van der Waals surface area contributed by atoms with Gasteiger partial charge in [0.25, 0.3) is 0 Å². The third-order valence-electron chi connectivity index (χ3n) is 3.45. The summed E-state index contributed by atoms with van der Waals surface area (Å²) < 4.78 is 2.22. The topological polar surface area (TPSA) is 34.0 Å². The fraction of sp³-hybridized carbons (Fsp3) is 0.294. The molecule has 3 aromatic heterocycles. The van der Waals surface area contributed by atoms with Crippen molar-refractivity contribution in [1.29, 1.82) is 0 Å². The Kier molecular flexibility index (Phi) is 4.65. The third-order valence-corrected chi connectivity index (χ3v) is 4.43. The predicted octanol–water partition coefficient (Wildman–Crippen LogP) is 3.31. The van der Waals surface area contributed by atoms with Gasteiger partial charge in [-0.2, -0.15) is 0 Å². The Morgan fingerprint density at radius 2 is 2.14 bits per heavy atom. The van der Waals surface area contributed by atoms with Crippen LogP contribution in [0.2, 0.25) is 0 Å². The van der Waals surface area contributed by atoms with Gasteiger partial charge < -0.3 is 9.47 Å². The molecule has 0 amide bonds. The first-order chi connectivity index (χ1) is 10.7. The molecule has 0 saturated heterocycles. The van der Waals surface area contributed by atoms with E-state index in [4.69, 9.17) is 0 Å². The first-order valence-electron chi connectivity index (χ1n) is 7.35. The van der Waals surface area contributed by atoms with Crippen LogP contribution in [0.1, 0.15) is 11.1 Å². The zero-order valence-electron chi connectivity index (χ0n) is 12.9. The molecule has 0 fully saturated rings. The minimum atomic E-state index is 0.919. The van der Waals surface area contributed by atoms with Crippen molar-refractivity contribution in [3.63, 3.8) is 0 Å². The molecule has 5 heteroatoms. The molecule has 0 saturated carbocycles. The van der Waals surface area contributed by atoms with Gasteiger partial charge in [0.2, 0.25) is 0 Å². The van der Waals surface area contributed by atoms with Gasteiger partial charge in [-0.3, -0.25) is 4.98 Å². The normalized spacial score (nSPS) is 11.2. The highest BCUT2D eigenvalue weighted by Crippen LogP contribution is 2.26. The molecule has 0 aliphatic rings. The molecule has 3 heterocycles. The Morgan fingerprint density at radius 3 is 2.91 bits per heavy atom. The van der Waals surface area contributed by atoms with Crippen LogP contribution in [-0.4, -0.2) is 33.5 Å². The molecule has 0 unspecified atom stereocenters. The van der Waals surface area contributed by atoms with Gasteiger partial charge in [-0.05, 0) is 49.2 Å². The van der Waals surface area contributed by atoms with Gasteiger partial charge >= 0.3 is 0 Å². The number of hydrogen-bond donors (Lipinski definition) is 0. The minimum Gasteiger partial charge on any atom is -0.330 e. The van der Waals surface area contributed by atoms with E-state index in [-0.39, 0.29) is 0 Å². The lowest BCUT2D eigenvalue weighted by atomic mass is 10.2. The van der Waals surface area contributed by atoms with Gasteiger partial charge in [-0.15, -0.1) is 11.3 Å². The quantitative estimate of drug-likeness (QED) is 0.700.